The number of nitrogens with one attached hydrogen (secondary N) is 2. The molecule has 1 aliphatic heterocycles. The van der Waals surface area contributed by atoms with Crippen LogP contribution >= 0.6 is 0 Å². The lowest BCUT2D eigenvalue weighted by molar-refractivity contribution is 0.172. The molecule has 2 N–H and O–H groups in total. The number of fused-ring (bicyclic) bond motifs is 1. The van der Waals surface area contributed by atoms with Gasteiger partial charge in [0.2, 0.25) is 5.95 Å². The van der Waals surface area contributed by atoms with Crippen LogP contribution in [0.2, 0.25) is 0 Å². The summed E-state index contributed by atoms with van der Waals surface area (Å²) >= 11 is 0. The van der Waals surface area contributed by atoms with Crippen molar-refractivity contribution < 1.29 is 0 Å². The second-order valence-electron chi connectivity index (χ2n) is 5.64. The minimum Gasteiger partial charge on any atom is -0.357 e. The first kappa shape index (κ1) is 12.0. The van der Waals surface area contributed by atoms with E-state index in [-0.39, 0.29) is 0 Å². The molecular weight excluding hydrogens is 226 g/mol. The van der Waals surface area contributed by atoms with E-state index >= 15 is 0 Å². The number of hydrogen-bond acceptors (Lipinski definition) is 4. The molecule has 0 amide bonds. The zero-order valence-electron chi connectivity index (χ0n) is 11.3. The average molecular weight is 249 g/mol. The third kappa shape index (κ3) is 2.00. The molecule has 1 saturated carbocycles. The highest BCUT2D eigenvalue weighted by Gasteiger charge is 2.33. The predicted molar refractivity (Wildman–Crippen MR) is 71.4 cm³/mol. The average Bonchev–Trinajstić information content (AvgIpc) is 2.79. The Hall–Kier alpha value is -1.10. The van der Waals surface area contributed by atoms with E-state index in [9.17, 15) is 0 Å². The van der Waals surface area contributed by atoms with Crippen molar-refractivity contribution >= 4 is 5.95 Å². The van der Waals surface area contributed by atoms with Gasteiger partial charge in [-0.2, -0.15) is 0 Å². The van der Waals surface area contributed by atoms with Crippen molar-refractivity contribution in [3.05, 3.63) is 5.82 Å². The normalized spacial score (nSPS) is 32.0. The molecule has 0 aromatic carbocycles. The number of hydrogen-bond donors (Lipinski definition) is 2. The zero-order chi connectivity index (χ0) is 12.5. The van der Waals surface area contributed by atoms with Gasteiger partial charge in [0.05, 0.1) is 6.04 Å². The van der Waals surface area contributed by atoms with Crippen molar-refractivity contribution in [1.82, 2.24) is 20.1 Å². The number of aromatic nitrogens is 3. The van der Waals surface area contributed by atoms with E-state index in [1.165, 1.54) is 38.5 Å². The highest BCUT2D eigenvalue weighted by atomic mass is 15.3. The van der Waals surface area contributed by atoms with Crippen LogP contribution in [0.4, 0.5) is 5.95 Å². The van der Waals surface area contributed by atoms with Gasteiger partial charge >= 0.3 is 0 Å². The smallest absolute Gasteiger partial charge is 0.224 e. The predicted octanol–water partition coefficient (Wildman–Crippen LogP) is 1.84. The molecule has 1 saturated heterocycles. The van der Waals surface area contributed by atoms with Gasteiger partial charge in [-0.05, 0) is 31.6 Å². The summed E-state index contributed by atoms with van der Waals surface area (Å²) in [6.45, 7) is 0. The van der Waals surface area contributed by atoms with Crippen LogP contribution in [-0.4, -0.2) is 27.9 Å². The molecule has 5 nitrogen and oxygen atoms in total. The molecule has 3 unspecified atom stereocenters. The van der Waals surface area contributed by atoms with Crippen molar-refractivity contribution in [3.63, 3.8) is 0 Å². The molecule has 1 aromatic rings. The third-order valence-electron chi connectivity index (χ3n) is 4.59. The van der Waals surface area contributed by atoms with Crippen LogP contribution in [0.5, 0.6) is 0 Å². The molecule has 18 heavy (non-hydrogen) atoms. The Morgan fingerprint density at radius 3 is 2.78 bits per heavy atom. The van der Waals surface area contributed by atoms with Crippen molar-refractivity contribution in [2.45, 2.75) is 50.6 Å². The maximum atomic E-state index is 4.34. The Balaban J connectivity index is 1.75. The maximum Gasteiger partial charge on any atom is 0.224 e. The van der Waals surface area contributed by atoms with Gasteiger partial charge < -0.3 is 10.6 Å². The fourth-order valence-electron chi connectivity index (χ4n) is 3.56. The molecular formula is C13H23N5. The van der Waals surface area contributed by atoms with Crippen LogP contribution in [-0.2, 0) is 7.05 Å². The van der Waals surface area contributed by atoms with E-state index in [2.05, 4.69) is 25.4 Å². The van der Waals surface area contributed by atoms with Gasteiger partial charge in [0.15, 0.2) is 5.82 Å². The quantitative estimate of drug-likeness (QED) is 0.840. The number of nitrogens with zero attached hydrogens (tertiary/aromatic N) is 3. The summed E-state index contributed by atoms with van der Waals surface area (Å²) in [4.78, 5) is 0. The first-order valence-electron chi connectivity index (χ1n) is 7.12. The van der Waals surface area contributed by atoms with Gasteiger partial charge in [-0.25, -0.2) is 0 Å². The Morgan fingerprint density at radius 2 is 2.00 bits per heavy atom. The van der Waals surface area contributed by atoms with Gasteiger partial charge in [-0.3, -0.25) is 4.57 Å². The van der Waals surface area contributed by atoms with Crippen LogP contribution in [0.15, 0.2) is 0 Å². The highest BCUT2D eigenvalue weighted by molar-refractivity contribution is 5.25. The van der Waals surface area contributed by atoms with Crippen LogP contribution in [0, 0.1) is 5.92 Å². The number of rotatable bonds is 2. The molecule has 3 rings (SSSR count). The fraction of sp³-hybridized carbons (Fsp3) is 0.846. The molecule has 2 fully saturated rings. The van der Waals surface area contributed by atoms with Gasteiger partial charge in [0.1, 0.15) is 0 Å². The second kappa shape index (κ2) is 4.88. The highest BCUT2D eigenvalue weighted by Crippen LogP contribution is 2.36. The molecule has 1 aromatic heterocycles. The second-order valence-corrected chi connectivity index (χ2v) is 5.64. The Labute approximate surface area is 108 Å². The van der Waals surface area contributed by atoms with Gasteiger partial charge in [0, 0.05) is 20.1 Å². The lowest BCUT2D eigenvalue weighted by Gasteiger charge is -2.40. The first-order chi connectivity index (χ1) is 8.79. The number of anilines is 1. The van der Waals surface area contributed by atoms with Crippen LogP contribution < -0.4 is 10.6 Å². The molecule has 2 aliphatic rings. The van der Waals surface area contributed by atoms with Crippen molar-refractivity contribution in [3.8, 4) is 0 Å². The molecule has 0 bridgehead atoms. The summed E-state index contributed by atoms with van der Waals surface area (Å²) < 4.78 is 2.07. The van der Waals surface area contributed by atoms with E-state index in [0.717, 1.165) is 17.7 Å². The molecule has 5 heteroatoms. The summed E-state index contributed by atoms with van der Waals surface area (Å²) in [7, 11) is 3.93. The summed E-state index contributed by atoms with van der Waals surface area (Å²) in [5, 5.41) is 15.4. The maximum absolute atomic E-state index is 4.34. The van der Waals surface area contributed by atoms with E-state index in [4.69, 9.17) is 0 Å². The third-order valence-corrected chi connectivity index (χ3v) is 4.59. The SMILES string of the molecule is CNc1nnc(C2CCC3CCCCC3N2)n1C. The minimum atomic E-state index is 0.379. The van der Waals surface area contributed by atoms with Crippen LogP contribution in [0.1, 0.15) is 50.4 Å². The lowest BCUT2D eigenvalue weighted by Crippen LogP contribution is -2.45. The van der Waals surface area contributed by atoms with E-state index in [0.29, 0.717) is 12.1 Å². The first-order valence-corrected chi connectivity index (χ1v) is 7.12. The van der Waals surface area contributed by atoms with Crippen LogP contribution in [0.3, 0.4) is 0 Å². The molecule has 3 atom stereocenters. The van der Waals surface area contributed by atoms with E-state index < -0.39 is 0 Å². The van der Waals surface area contributed by atoms with Gasteiger partial charge in [-0.1, -0.05) is 12.8 Å². The lowest BCUT2D eigenvalue weighted by atomic mass is 9.77. The van der Waals surface area contributed by atoms with Crippen molar-refractivity contribution in [2.75, 3.05) is 12.4 Å². The molecule has 0 spiro atoms. The summed E-state index contributed by atoms with van der Waals surface area (Å²) in [5.74, 6) is 2.81. The summed E-state index contributed by atoms with van der Waals surface area (Å²) in [6.07, 6.45) is 8.06. The fourth-order valence-corrected chi connectivity index (χ4v) is 3.56. The minimum absolute atomic E-state index is 0.379. The molecule has 2 heterocycles. The molecule has 1 aliphatic carbocycles. The monoisotopic (exact) mass is 249 g/mol. The Morgan fingerprint density at radius 1 is 1.17 bits per heavy atom. The summed E-state index contributed by atoms with van der Waals surface area (Å²) in [5.41, 5.74) is 0. The van der Waals surface area contributed by atoms with E-state index in [1.54, 1.807) is 0 Å². The number of piperidine rings is 1. The van der Waals surface area contributed by atoms with Crippen LogP contribution in [0.25, 0.3) is 0 Å². The van der Waals surface area contributed by atoms with Gasteiger partial charge in [-0.15, -0.1) is 10.2 Å². The Kier molecular flexibility index (Phi) is 3.24. The molecule has 0 radical (unpaired) electrons. The standard InChI is InChI=1S/C13H23N5/c1-14-13-17-16-12(18(13)2)11-8-7-9-5-3-4-6-10(9)15-11/h9-11,15H,3-8H2,1-2H3,(H,14,17). The van der Waals surface area contributed by atoms with E-state index in [1.807, 2.05) is 14.1 Å². The largest absolute Gasteiger partial charge is 0.357 e. The zero-order valence-corrected chi connectivity index (χ0v) is 11.3. The van der Waals surface area contributed by atoms with Crippen molar-refractivity contribution in [2.24, 2.45) is 13.0 Å². The summed E-state index contributed by atoms with van der Waals surface area (Å²) in [6, 6.07) is 1.08. The van der Waals surface area contributed by atoms with Crippen molar-refractivity contribution in [1.29, 1.82) is 0 Å². The van der Waals surface area contributed by atoms with Gasteiger partial charge in [0.25, 0.3) is 0 Å². The Bertz CT molecular complexity index is 414. The topological polar surface area (TPSA) is 54.8 Å². The molecule has 100 valence electrons.